The Morgan fingerprint density at radius 3 is 2.06 bits per heavy atom. The second-order valence-corrected chi connectivity index (χ2v) is 9.56. The van der Waals surface area contributed by atoms with Crippen LogP contribution in [-0.2, 0) is 5.41 Å². The molecule has 1 heteroatoms. The summed E-state index contributed by atoms with van der Waals surface area (Å²) in [5.74, 6) is 0. The fourth-order valence-corrected chi connectivity index (χ4v) is 4.24. The fraction of sp³-hybridized carbons (Fsp3) is 0.233. The zero-order valence-electron chi connectivity index (χ0n) is 19.5. The lowest BCUT2D eigenvalue weighted by molar-refractivity contribution is 0.589. The molecule has 31 heavy (non-hydrogen) atoms. The van der Waals surface area contributed by atoms with Crippen LogP contribution in [0.1, 0.15) is 43.0 Å². The second-order valence-electron chi connectivity index (χ2n) is 9.56. The highest BCUT2D eigenvalue weighted by Crippen LogP contribution is 2.35. The lowest BCUT2D eigenvalue weighted by Gasteiger charge is -2.20. The SMILES string of the molecule is Cc1cccc(-c2ccc(-c3cccc(-c4cc(C(C)(C)C)ccn4)c3C)cc2C)c1. The van der Waals surface area contributed by atoms with E-state index in [4.69, 9.17) is 4.98 Å². The lowest BCUT2D eigenvalue weighted by Crippen LogP contribution is -2.11. The van der Waals surface area contributed by atoms with Gasteiger partial charge in [-0.1, -0.05) is 87.0 Å². The molecule has 0 atom stereocenters. The standard InChI is InChI=1S/C30H31N/c1-20-9-7-10-23(17-20)26-14-13-24(18-21(26)2)27-11-8-12-28(22(27)3)29-19-25(15-16-31-29)30(4,5)6/h7-19H,1-6H3. The Labute approximate surface area is 186 Å². The van der Waals surface area contributed by atoms with Crippen molar-refractivity contribution >= 4 is 0 Å². The highest BCUT2D eigenvalue weighted by atomic mass is 14.7. The van der Waals surface area contributed by atoms with E-state index in [0.29, 0.717) is 0 Å². The Kier molecular flexibility index (Phi) is 5.54. The molecule has 0 bridgehead atoms. The van der Waals surface area contributed by atoms with Gasteiger partial charge in [-0.15, -0.1) is 0 Å². The van der Waals surface area contributed by atoms with E-state index in [-0.39, 0.29) is 5.41 Å². The van der Waals surface area contributed by atoms with E-state index in [1.54, 1.807) is 0 Å². The van der Waals surface area contributed by atoms with Crippen molar-refractivity contribution in [3.63, 3.8) is 0 Å². The molecule has 1 aromatic heterocycles. The molecule has 0 radical (unpaired) electrons. The van der Waals surface area contributed by atoms with Crippen LogP contribution in [0.2, 0.25) is 0 Å². The normalized spacial score (nSPS) is 11.5. The molecule has 1 heterocycles. The van der Waals surface area contributed by atoms with Gasteiger partial charge in [0.2, 0.25) is 0 Å². The van der Waals surface area contributed by atoms with Crippen LogP contribution in [0.4, 0.5) is 0 Å². The van der Waals surface area contributed by atoms with E-state index in [9.17, 15) is 0 Å². The van der Waals surface area contributed by atoms with Crippen LogP contribution < -0.4 is 0 Å². The van der Waals surface area contributed by atoms with Crippen molar-refractivity contribution in [1.82, 2.24) is 4.98 Å². The summed E-state index contributed by atoms with van der Waals surface area (Å²) in [7, 11) is 0. The minimum Gasteiger partial charge on any atom is -0.256 e. The van der Waals surface area contributed by atoms with Gasteiger partial charge in [0.1, 0.15) is 0 Å². The van der Waals surface area contributed by atoms with Crippen molar-refractivity contribution in [1.29, 1.82) is 0 Å². The lowest BCUT2D eigenvalue weighted by atomic mass is 9.86. The van der Waals surface area contributed by atoms with Gasteiger partial charge in [-0.2, -0.15) is 0 Å². The van der Waals surface area contributed by atoms with Crippen LogP contribution in [0.25, 0.3) is 33.5 Å². The molecule has 4 aromatic rings. The largest absolute Gasteiger partial charge is 0.256 e. The molecule has 0 aliphatic heterocycles. The predicted molar refractivity (Wildman–Crippen MR) is 133 cm³/mol. The molecule has 0 amide bonds. The van der Waals surface area contributed by atoms with Gasteiger partial charge in [0.15, 0.2) is 0 Å². The first-order chi connectivity index (χ1) is 14.7. The molecule has 0 aliphatic rings. The monoisotopic (exact) mass is 405 g/mol. The average molecular weight is 406 g/mol. The second kappa shape index (κ2) is 8.15. The first-order valence-electron chi connectivity index (χ1n) is 11.0. The quantitative estimate of drug-likeness (QED) is 0.334. The molecule has 4 rings (SSSR count). The number of benzene rings is 3. The molecular formula is C30H31N. The number of pyridine rings is 1. The summed E-state index contributed by atoms with van der Waals surface area (Å²) in [6.45, 7) is 13.3. The molecule has 0 saturated carbocycles. The third kappa shape index (κ3) is 4.32. The summed E-state index contributed by atoms with van der Waals surface area (Å²) in [4.78, 5) is 4.70. The van der Waals surface area contributed by atoms with E-state index in [0.717, 1.165) is 5.69 Å². The molecule has 0 unspecified atom stereocenters. The van der Waals surface area contributed by atoms with Gasteiger partial charge in [-0.3, -0.25) is 4.98 Å². The van der Waals surface area contributed by atoms with Crippen LogP contribution in [-0.4, -0.2) is 4.98 Å². The summed E-state index contributed by atoms with van der Waals surface area (Å²) < 4.78 is 0. The number of nitrogens with zero attached hydrogens (tertiary/aromatic N) is 1. The third-order valence-corrected chi connectivity index (χ3v) is 6.10. The molecule has 0 aliphatic carbocycles. The fourth-order valence-electron chi connectivity index (χ4n) is 4.24. The number of hydrogen-bond acceptors (Lipinski definition) is 1. The highest BCUT2D eigenvalue weighted by molar-refractivity contribution is 5.79. The van der Waals surface area contributed by atoms with Crippen LogP contribution >= 0.6 is 0 Å². The van der Waals surface area contributed by atoms with E-state index < -0.39 is 0 Å². The van der Waals surface area contributed by atoms with Crippen LogP contribution in [0.3, 0.4) is 0 Å². The molecule has 0 spiro atoms. The maximum atomic E-state index is 4.70. The summed E-state index contributed by atoms with van der Waals surface area (Å²) in [6.07, 6.45) is 1.93. The van der Waals surface area contributed by atoms with E-state index in [2.05, 4.69) is 114 Å². The van der Waals surface area contributed by atoms with Gasteiger partial charge in [-0.25, -0.2) is 0 Å². The van der Waals surface area contributed by atoms with E-state index in [1.165, 1.54) is 50.1 Å². The molecule has 3 aromatic carbocycles. The van der Waals surface area contributed by atoms with Gasteiger partial charge in [-0.05, 0) is 77.3 Å². The van der Waals surface area contributed by atoms with Crippen molar-refractivity contribution in [3.8, 4) is 33.5 Å². The number of hydrogen-bond donors (Lipinski definition) is 0. The maximum Gasteiger partial charge on any atom is 0.0707 e. The van der Waals surface area contributed by atoms with Gasteiger partial charge >= 0.3 is 0 Å². The predicted octanol–water partition coefficient (Wildman–Crippen LogP) is 8.31. The number of aryl methyl sites for hydroxylation is 2. The Balaban J connectivity index is 1.76. The number of rotatable bonds is 3. The molecule has 156 valence electrons. The van der Waals surface area contributed by atoms with Crippen molar-refractivity contribution in [2.75, 3.05) is 0 Å². The van der Waals surface area contributed by atoms with Gasteiger partial charge in [0.25, 0.3) is 0 Å². The van der Waals surface area contributed by atoms with Gasteiger partial charge < -0.3 is 0 Å². The summed E-state index contributed by atoms with van der Waals surface area (Å²) >= 11 is 0. The molecule has 1 nitrogen and oxygen atoms in total. The van der Waals surface area contributed by atoms with E-state index >= 15 is 0 Å². The Hall–Kier alpha value is -3.19. The summed E-state index contributed by atoms with van der Waals surface area (Å²) in [5.41, 5.74) is 12.6. The number of aromatic nitrogens is 1. The van der Waals surface area contributed by atoms with Crippen LogP contribution in [0.15, 0.2) is 79.0 Å². The van der Waals surface area contributed by atoms with Crippen molar-refractivity contribution < 1.29 is 0 Å². The maximum absolute atomic E-state index is 4.70. The third-order valence-electron chi connectivity index (χ3n) is 6.10. The van der Waals surface area contributed by atoms with Crippen LogP contribution in [0, 0.1) is 20.8 Å². The zero-order valence-corrected chi connectivity index (χ0v) is 19.5. The van der Waals surface area contributed by atoms with Crippen LogP contribution in [0.5, 0.6) is 0 Å². The van der Waals surface area contributed by atoms with E-state index in [1.807, 2.05) is 6.20 Å². The molecule has 0 fully saturated rings. The topological polar surface area (TPSA) is 12.9 Å². The Morgan fingerprint density at radius 2 is 1.35 bits per heavy atom. The smallest absolute Gasteiger partial charge is 0.0707 e. The highest BCUT2D eigenvalue weighted by Gasteiger charge is 2.16. The van der Waals surface area contributed by atoms with Crippen molar-refractivity contribution in [2.45, 2.75) is 47.0 Å². The summed E-state index contributed by atoms with van der Waals surface area (Å²) in [5, 5.41) is 0. The Bertz CT molecular complexity index is 1240. The summed E-state index contributed by atoms with van der Waals surface area (Å²) in [6, 6.07) is 26.4. The molecule has 0 saturated heterocycles. The van der Waals surface area contributed by atoms with Crippen molar-refractivity contribution in [2.24, 2.45) is 0 Å². The molecular weight excluding hydrogens is 374 g/mol. The minimum absolute atomic E-state index is 0.103. The van der Waals surface area contributed by atoms with Gasteiger partial charge in [0, 0.05) is 11.8 Å². The van der Waals surface area contributed by atoms with Crippen molar-refractivity contribution in [3.05, 3.63) is 101 Å². The molecule has 0 N–H and O–H groups in total. The zero-order chi connectivity index (χ0) is 22.2. The first-order valence-corrected chi connectivity index (χ1v) is 11.0. The Morgan fingerprint density at radius 1 is 0.645 bits per heavy atom. The first kappa shape index (κ1) is 21.1. The average Bonchev–Trinajstić information content (AvgIpc) is 2.73. The minimum atomic E-state index is 0.103. The van der Waals surface area contributed by atoms with Gasteiger partial charge in [0.05, 0.1) is 5.69 Å².